The summed E-state index contributed by atoms with van der Waals surface area (Å²) < 4.78 is 73.3. The minimum atomic E-state index is -4.33. The molecule has 0 atom stereocenters. The monoisotopic (exact) mass is 443 g/mol. The number of benzene rings is 2. The fourth-order valence-electron chi connectivity index (χ4n) is 3.04. The molecular weight excluding hydrogens is 414 g/mol. The lowest BCUT2D eigenvalue weighted by atomic mass is 10.2. The van der Waals surface area contributed by atoms with Crippen molar-refractivity contribution >= 4 is 44.1 Å². The molecule has 0 aliphatic carbocycles. The second-order valence-corrected chi connectivity index (χ2v) is 8.34. The zero-order valence-corrected chi connectivity index (χ0v) is 17.7. The van der Waals surface area contributed by atoms with E-state index in [4.69, 9.17) is 13.4 Å². The predicted molar refractivity (Wildman–Crippen MR) is 121 cm³/mol. The number of primary sulfonamides is 1. The van der Waals surface area contributed by atoms with Gasteiger partial charge < -0.3 is 10.2 Å². The van der Waals surface area contributed by atoms with Crippen LogP contribution in [-0.2, 0) is 17.1 Å². The average Bonchev–Trinajstić information content (AvgIpc) is 3.14. The summed E-state index contributed by atoms with van der Waals surface area (Å²) in [6.07, 6.45) is 1.43. The van der Waals surface area contributed by atoms with Gasteiger partial charge in [0, 0.05) is 46.9 Å². The highest BCUT2D eigenvalue weighted by molar-refractivity contribution is 7.89. The summed E-state index contributed by atoms with van der Waals surface area (Å²) in [4.78, 5) is 9.63. The largest absolute Gasteiger partial charge is 0.329 e. The molecule has 0 spiro atoms. The van der Waals surface area contributed by atoms with E-state index in [0.29, 0.717) is 22.4 Å². The first-order valence-electron chi connectivity index (χ1n) is 12.1. The summed E-state index contributed by atoms with van der Waals surface area (Å²) in [5.74, 6) is 0.352. The van der Waals surface area contributed by atoms with Crippen molar-refractivity contribution in [3.8, 4) is 0 Å². The third-order valence-electron chi connectivity index (χ3n) is 4.67. The highest BCUT2D eigenvalue weighted by Gasteiger charge is 2.14. The zero-order valence-electron chi connectivity index (χ0n) is 22.9. The number of hydrogen-bond donors (Lipinski definition) is 2. The lowest BCUT2D eigenvalue weighted by Crippen LogP contribution is -2.14. The van der Waals surface area contributed by atoms with E-state index in [-0.39, 0.29) is 22.9 Å². The Morgan fingerprint density at radius 3 is 2.84 bits per heavy atom. The normalized spacial score (nSPS) is 14.8. The summed E-state index contributed by atoms with van der Waals surface area (Å²) in [5, 5.41) is 12.8. The highest BCUT2D eigenvalue weighted by Crippen LogP contribution is 2.28. The molecule has 0 saturated heterocycles. The Labute approximate surface area is 189 Å². The van der Waals surface area contributed by atoms with Gasteiger partial charge in [0.25, 0.3) is 0 Å². The zero-order chi connectivity index (χ0) is 27.4. The maximum absolute atomic E-state index is 12.0. The van der Waals surface area contributed by atoms with Gasteiger partial charge in [-0.3, -0.25) is 4.68 Å². The smallest absolute Gasteiger partial charge is 0.238 e. The molecule has 0 aliphatic rings. The second kappa shape index (κ2) is 7.64. The summed E-state index contributed by atoms with van der Waals surface area (Å²) in [6.45, 7) is -1.01. The maximum atomic E-state index is 12.0. The molecule has 10 heteroatoms. The number of aryl methyl sites for hydroxylation is 2. The minimum absolute atomic E-state index is 0.0430. The van der Waals surface area contributed by atoms with Crippen LogP contribution in [0.3, 0.4) is 0 Å². The molecule has 2 aromatic heterocycles. The van der Waals surface area contributed by atoms with E-state index in [9.17, 15) is 8.42 Å². The molecule has 0 saturated carbocycles. The average molecular weight is 444 g/mol. The number of hydrogen-bond acceptors (Lipinski definition) is 7. The van der Waals surface area contributed by atoms with Crippen molar-refractivity contribution in [3.05, 3.63) is 59.8 Å². The van der Waals surface area contributed by atoms with Crippen LogP contribution in [0.4, 0.5) is 23.1 Å². The summed E-state index contributed by atoms with van der Waals surface area (Å²) >= 11 is 0. The molecule has 31 heavy (non-hydrogen) atoms. The topological polar surface area (TPSA) is 119 Å². The van der Waals surface area contributed by atoms with Crippen LogP contribution < -0.4 is 15.4 Å². The van der Waals surface area contributed by atoms with Gasteiger partial charge in [-0.05, 0) is 55.7 Å². The van der Waals surface area contributed by atoms with E-state index in [0.717, 1.165) is 0 Å². The molecule has 0 radical (unpaired) electrons. The summed E-state index contributed by atoms with van der Waals surface area (Å²) in [7, 11) is -1.03. The molecule has 2 heterocycles. The molecular formula is C21H23N7O2S. The number of nitrogens with zero attached hydrogens (tertiary/aromatic N) is 5. The first-order valence-corrected chi connectivity index (χ1v) is 10.6. The second-order valence-electron chi connectivity index (χ2n) is 6.85. The molecule has 160 valence electrons. The van der Waals surface area contributed by atoms with Crippen LogP contribution in [-0.4, -0.2) is 35.2 Å². The number of anilines is 4. The standard InChI is InChI=1S/C21H23N7O2S/c1-13-5-6-15(11-19(13)31(22,29)30)24-21-23-10-9-20(25-21)27(3)16-7-8-17-14(2)28(4)26-18(17)12-16/h5-12H,1-4H3,(H2,22,29,30)(H,23,24,25)/i2D3,5D,6D,11D. The third kappa shape index (κ3) is 4.07. The maximum Gasteiger partial charge on any atom is 0.238 e. The van der Waals surface area contributed by atoms with Crippen molar-refractivity contribution in [3.63, 3.8) is 0 Å². The Bertz CT molecular complexity index is 1650. The number of aromatic nitrogens is 4. The van der Waals surface area contributed by atoms with Crippen molar-refractivity contribution in [1.82, 2.24) is 19.7 Å². The van der Waals surface area contributed by atoms with Crippen molar-refractivity contribution in [2.45, 2.75) is 18.7 Å². The van der Waals surface area contributed by atoms with Crippen LogP contribution >= 0.6 is 0 Å². The van der Waals surface area contributed by atoms with Gasteiger partial charge in [-0.15, -0.1) is 0 Å². The minimum Gasteiger partial charge on any atom is -0.329 e. The van der Waals surface area contributed by atoms with Gasteiger partial charge in [0.05, 0.1) is 14.5 Å². The SMILES string of the molecule is [2H]c1c([2H])c(Nc2nccc(N(C)c3ccc4c(C([2H])([2H])[2H])n(C)nc4c3)n2)c([2H])c(S(N)(=O)=O)c1C. The van der Waals surface area contributed by atoms with E-state index in [1.54, 1.807) is 43.3 Å². The van der Waals surface area contributed by atoms with Crippen molar-refractivity contribution in [1.29, 1.82) is 0 Å². The Kier molecular flexibility index (Phi) is 3.57. The van der Waals surface area contributed by atoms with Gasteiger partial charge in [0.2, 0.25) is 16.0 Å². The molecule has 2 aromatic carbocycles. The van der Waals surface area contributed by atoms with Gasteiger partial charge in [-0.25, -0.2) is 18.5 Å². The molecule has 0 unspecified atom stereocenters. The van der Waals surface area contributed by atoms with E-state index in [1.165, 1.54) is 17.8 Å². The van der Waals surface area contributed by atoms with Crippen molar-refractivity contribution in [2.75, 3.05) is 17.3 Å². The Morgan fingerprint density at radius 1 is 1.29 bits per heavy atom. The lowest BCUT2D eigenvalue weighted by Gasteiger charge is -2.19. The fraction of sp³-hybridized carbons (Fsp3) is 0.190. The van der Waals surface area contributed by atoms with Gasteiger partial charge in [0.1, 0.15) is 5.82 Å². The molecule has 9 nitrogen and oxygen atoms in total. The first kappa shape index (κ1) is 14.5. The number of nitrogens with one attached hydrogen (secondary N) is 1. The molecule has 0 bridgehead atoms. The van der Waals surface area contributed by atoms with Crippen LogP contribution in [0.2, 0.25) is 0 Å². The number of nitrogens with two attached hydrogens (primary N) is 1. The van der Waals surface area contributed by atoms with E-state index < -0.39 is 39.9 Å². The molecule has 0 amide bonds. The van der Waals surface area contributed by atoms with Gasteiger partial charge >= 0.3 is 0 Å². The van der Waals surface area contributed by atoms with Crippen LogP contribution in [0.5, 0.6) is 0 Å². The highest BCUT2D eigenvalue weighted by atomic mass is 32.2. The lowest BCUT2D eigenvalue weighted by molar-refractivity contribution is 0.597. The molecule has 4 aromatic rings. The van der Waals surface area contributed by atoms with E-state index >= 15 is 0 Å². The molecule has 4 rings (SSSR count). The predicted octanol–water partition coefficient (Wildman–Crippen LogP) is 3.14. The number of sulfonamides is 1. The first-order chi connectivity index (χ1) is 17.1. The molecule has 0 fully saturated rings. The van der Waals surface area contributed by atoms with Crippen LogP contribution in [0.1, 0.15) is 19.5 Å². The van der Waals surface area contributed by atoms with Crippen molar-refractivity contribution in [2.24, 2.45) is 12.2 Å². The Morgan fingerprint density at radius 2 is 2.10 bits per heavy atom. The van der Waals surface area contributed by atoms with E-state index in [1.807, 2.05) is 0 Å². The van der Waals surface area contributed by atoms with Gasteiger partial charge in [-0.2, -0.15) is 10.1 Å². The number of rotatable bonds is 5. The summed E-state index contributed by atoms with van der Waals surface area (Å²) in [6, 6.07) is 5.36. The van der Waals surface area contributed by atoms with Crippen LogP contribution in [0, 0.1) is 13.8 Å². The third-order valence-corrected chi connectivity index (χ3v) is 5.64. The quantitative estimate of drug-likeness (QED) is 0.486. The van der Waals surface area contributed by atoms with Gasteiger partial charge in [-0.1, -0.05) is 6.04 Å². The number of fused-ring (bicyclic) bond motifs is 1. The summed E-state index contributed by atoms with van der Waals surface area (Å²) in [5.41, 5.74) is 0.903. The Balaban J connectivity index is 1.72. The molecule has 0 aliphatic heterocycles. The van der Waals surface area contributed by atoms with Crippen LogP contribution in [0.15, 0.2) is 53.5 Å². The van der Waals surface area contributed by atoms with Gasteiger partial charge in [0.15, 0.2) is 0 Å². The Hall–Kier alpha value is -3.50. The van der Waals surface area contributed by atoms with Crippen molar-refractivity contribution < 1.29 is 16.6 Å². The van der Waals surface area contributed by atoms with Crippen LogP contribution in [0.25, 0.3) is 10.9 Å². The van der Waals surface area contributed by atoms with E-state index in [2.05, 4.69) is 20.4 Å². The fourth-order valence-corrected chi connectivity index (χ4v) is 3.76. The molecule has 3 N–H and O–H groups in total.